The Morgan fingerprint density at radius 1 is 1.05 bits per heavy atom. The van der Waals surface area contributed by atoms with E-state index in [2.05, 4.69) is 5.10 Å². The van der Waals surface area contributed by atoms with Crippen LogP contribution in [0, 0.1) is 0 Å². The summed E-state index contributed by atoms with van der Waals surface area (Å²) in [5.41, 5.74) is 1.45. The van der Waals surface area contributed by atoms with Crippen LogP contribution in [0.25, 0.3) is 16.9 Å². The second kappa shape index (κ2) is 5.25. The van der Waals surface area contributed by atoms with Gasteiger partial charge in [-0.1, -0.05) is 12.1 Å². The molecule has 0 saturated carbocycles. The molecule has 1 aromatic heterocycles. The van der Waals surface area contributed by atoms with Gasteiger partial charge in [0.2, 0.25) is 0 Å². The van der Waals surface area contributed by atoms with E-state index in [0.717, 1.165) is 0 Å². The van der Waals surface area contributed by atoms with Crippen LogP contribution < -0.4 is 0 Å². The molecule has 0 amide bonds. The minimum Gasteiger partial charge on any atom is -0.508 e. The molecule has 0 aliphatic rings. The first kappa shape index (κ1) is 13.7. The predicted molar refractivity (Wildman–Crippen MR) is 79.3 cm³/mol. The van der Waals surface area contributed by atoms with Crippen LogP contribution in [0.5, 0.6) is 11.5 Å². The number of carbonyl (C=O) groups is 1. The topological polar surface area (TPSA) is 95.6 Å². The van der Waals surface area contributed by atoms with Crippen LogP contribution in [-0.2, 0) is 0 Å². The number of para-hydroxylation sites is 1. The van der Waals surface area contributed by atoms with Crippen molar-refractivity contribution in [3.8, 4) is 28.4 Å². The molecule has 0 atom stereocenters. The second-order valence-electron chi connectivity index (χ2n) is 4.65. The molecule has 3 aromatic rings. The number of carboxylic acid groups (broad SMARTS) is 1. The maximum atomic E-state index is 11.4. The van der Waals surface area contributed by atoms with Gasteiger partial charge in [0.25, 0.3) is 0 Å². The van der Waals surface area contributed by atoms with Gasteiger partial charge in [0.1, 0.15) is 11.5 Å². The minimum absolute atomic E-state index is 0.0572. The monoisotopic (exact) mass is 296 g/mol. The number of carboxylic acids is 1. The molecule has 0 aliphatic carbocycles. The third-order valence-electron chi connectivity index (χ3n) is 3.26. The van der Waals surface area contributed by atoms with E-state index in [1.165, 1.54) is 29.1 Å². The number of rotatable bonds is 3. The Morgan fingerprint density at radius 2 is 1.82 bits per heavy atom. The summed E-state index contributed by atoms with van der Waals surface area (Å²) in [5.74, 6) is -1.24. The van der Waals surface area contributed by atoms with Crippen molar-refractivity contribution in [1.82, 2.24) is 9.78 Å². The lowest BCUT2D eigenvalue weighted by molar-refractivity contribution is 0.0696. The summed E-state index contributed by atoms with van der Waals surface area (Å²) in [6.45, 7) is 0. The molecule has 110 valence electrons. The van der Waals surface area contributed by atoms with Crippen LogP contribution in [0.4, 0.5) is 0 Å². The third-order valence-corrected chi connectivity index (χ3v) is 3.26. The highest BCUT2D eigenvalue weighted by Gasteiger charge is 2.16. The fourth-order valence-corrected chi connectivity index (χ4v) is 2.28. The lowest BCUT2D eigenvalue weighted by Crippen LogP contribution is -2.07. The van der Waals surface area contributed by atoms with E-state index in [-0.39, 0.29) is 17.1 Å². The van der Waals surface area contributed by atoms with Gasteiger partial charge in [-0.2, -0.15) is 5.10 Å². The number of aromatic hydroxyl groups is 2. The van der Waals surface area contributed by atoms with Crippen molar-refractivity contribution in [1.29, 1.82) is 0 Å². The quantitative estimate of drug-likeness (QED) is 0.690. The fraction of sp³-hybridized carbons (Fsp3) is 0. The van der Waals surface area contributed by atoms with Gasteiger partial charge in [0.05, 0.1) is 23.1 Å². The molecule has 0 fully saturated rings. The van der Waals surface area contributed by atoms with Crippen LogP contribution in [0.2, 0.25) is 0 Å². The van der Waals surface area contributed by atoms with Crippen LogP contribution in [0.1, 0.15) is 10.4 Å². The van der Waals surface area contributed by atoms with E-state index in [1.807, 2.05) is 0 Å². The normalized spacial score (nSPS) is 10.5. The van der Waals surface area contributed by atoms with Crippen molar-refractivity contribution in [3.05, 3.63) is 60.3 Å². The Labute approximate surface area is 125 Å². The molecular formula is C16H12N2O4. The summed E-state index contributed by atoms with van der Waals surface area (Å²) in [5, 5.41) is 32.8. The standard InChI is InChI=1S/C16H12N2O4/c19-10-5-6-11(15(20)9-10)14-7-8-17-18(14)13-4-2-1-3-12(13)16(21)22/h1-9,19-20H,(H,21,22). The maximum Gasteiger partial charge on any atom is 0.337 e. The molecule has 0 radical (unpaired) electrons. The zero-order chi connectivity index (χ0) is 15.7. The average molecular weight is 296 g/mol. The van der Waals surface area contributed by atoms with Crippen LogP contribution >= 0.6 is 0 Å². The van der Waals surface area contributed by atoms with Crippen molar-refractivity contribution >= 4 is 5.97 Å². The van der Waals surface area contributed by atoms with Gasteiger partial charge < -0.3 is 15.3 Å². The molecule has 6 heteroatoms. The van der Waals surface area contributed by atoms with E-state index < -0.39 is 5.97 Å². The summed E-state index contributed by atoms with van der Waals surface area (Å²) in [6.07, 6.45) is 1.51. The van der Waals surface area contributed by atoms with E-state index >= 15 is 0 Å². The molecule has 0 bridgehead atoms. The highest BCUT2D eigenvalue weighted by Crippen LogP contribution is 2.33. The molecule has 0 aliphatic heterocycles. The Hall–Kier alpha value is -3.28. The molecule has 1 heterocycles. The summed E-state index contributed by atoms with van der Waals surface area (Å²) in [7, 11) is 0. The number of hydrogen-bond donors (Lipinski definition) is 3. The Kier molecular flexibility index (Phi) is 3.27. The van der Waals surface area contributed by atoms with Crippen molar-refractivity contribution in [3.63, 3.8) is 0 Å². The van der Waals surface area contributed by atoms with Gasteiger partial charge in [0.15, 0.2) is 0 Å². The first-order valence-electron chi connectivity index (χ1n) is 6.47. The fourth-order valence-electron chi connectivity index (χ4n) is 2.28. The number of nitrogens with zero attached hydrogens (tertiary/aromatic N) is 2. The first-order valence-corrected chi connectivity index (χ1v) is 6.47. The summed E-state index contributed by atoms with van der Waals surface area (Å²) >= 11 is 0. The average Bonchev–Trinajstić information content (AvgIpc) is 2.96. The number of aromatic nitrogens is 2. The SMILES string of the molecule is O=C(O)c1ccccc1-n1nccc1-c1ccc(O)cc1O. The molecule has 22 heavy (non-hydrogen) atoms. The van der Waals surface area contributed by atoms with Crippen molar-refractivity contribution < 1.29 is 20.1 Å². The molecule has 0 spiro atoms. The van der Waals surface area contributed by atoms with Gasteiger partial charge in [-0.05, 0) is 30.3 Å². The van der Waals surface area contributed by atoms with Gasteiger partial charge in [0, 0.05) is 11.6 Å². The van der Waals surface area contributed by atoms with Gasteiger partial charge in [-0.25, -0.2) is 9.48 Å². The van der Waals surface area contributed by atoms with Crippen LogP contribution in [-0.4, -0.2) is 31.1 Å². The molecular weight excluding hydrogens is 284 g/mol. The first-order chi connectivity index (χ1) is 10.6. The van der Waals surface area contributed by atoms with E-state index in [1.54, 1.807) is 30.3 Å². The van der Waals surface area contributed by atoms with Gasteiger partial charge in [-0.15, -0.1) is 0 Å². The Bertz CT molecular complexity index is 855. The molecule has 2 aromatic carbocycles. The van der Waals surface area contributed by atoms with E-state index in [0.29, 0.717) is 16.9 Å². The molecule has 6 nitrogen and oxygen atoms in total. The number of phenolic OH excluding ortho intramolecular Hbond substituents is 2. The highest BCUT2D eigenvalue weighted by atomic mass is 16.4. The lowest BCUT2D eigenvalue weighted by Gasteiger charge is -2.11. The molecule has 0 saturated heterocycles. The second-order valence-corrected chi connectivity index (χ2v) is 4.65. The third kappa shape index (κ3) is 2.26. The largest absolute Gasteiger partial charge is 0.508 e. The summed E-state index contributed by atoms with van der Waals surface area (Å²) < 4.78 is 1.44. The number of benzene rings is 2. The number of hydrogen-bond acceptors (Lipinski definition) is 4. The minimum atomic E-state index is -1.06. The van der Waals surface area contributed by atoms with Gasteiger partial charge >= 0.3 is 5.97 Å². The van der Waals surface area contributed by atoms with Crippen molar-refractivity contribution in [2.24, 2.45) is 0 Å². The Balaban J connectivity index is 2.20. The van der Waals surface area contributed by atoms with E-state index in [9.17, 15) is 20.1 Å². The van der Waals surface area contributed by atoms with Gasteiger partial charge in [-0.3, -0.25) is 0 Å². The zero-order valence-corrected chi connectivity index (χ0v) is 11.3. The maximum absolute atomic E-state index is 11.4. The molecule has 3 N–H and O–H groups in total. The van der Waals surface area contributed by atoms with E-state index in [4.69, 9.17) is 0 Å². The lowest BCUT2D eigenvalue weighted by atomic mass is 10.1. The Morgan fingerprint density at radius 3 is 2.55 bits per heavy atom. The number of phenols is 2. The highest BCUT2D eigenvalue weighted by molar-refractivity contribution is 5.92. The van der Waals surface area contributed by atoms with Crippen molar-refractivity contribution in [2.75, 3.05) is 0 Å². The predicted octanol–water partition coefficient (Wildman–Crippen LogP) is 2.65. The van der Waals surface area contributed by atoms with Crippen LogP contribution in [0.15, 0.2) is 54.7 Å². The number of aromatic carboxylic acids is 1. The zero-order valence-electron chi connectivity index (χ0n) is 11.3. The van der Waals surface area contributed by atoms with Crippen molar-refractivity contribution in [2.45, 2.75) is 0 Å². The molecule has 3 rings (SSSR count). The van der Waals surface area contributed by atoms with Crippen LogP contribution in [0.3, 0.4) is 0 Å². The summed E-state index contributed by atoms with van der Waals surface area (Å²) in [4.78, 5) is 11.4. The smallest absolute Gasteiger partial charge is 0.337 e. The molecule has 0 unspecified atom stereocenters. The summed E-state index contributed by atoms with van der Waals surface area (Å²) in [6, 6.07) is 12.3.